The number of aromatic nitrogens is 3. The second-order valence-electron chi connectivity index (χ2n) is 6.28. The highest BCUT2D eigenvalue weighted by atomic mass is 32.2. The lowest BCUT2D eigenvalue weighted by atomic mass is 9.95. The van der Waals surface area contributed by atoms with Gasteiger partial charge >= 0.3 is 0 Å². The molecular weight excluding hydrogens is 324 g/mol. The van der Waals surface area contributed by atoms with Gasteiger partial charge in [0.1, 0.15) is 11.6 Å². The van der Waals surface area contributed by atoms with E-state index in [0.29, 0.717) is 11.8 Å². The van der Waals surface area contributed by atoms with Gasteiger partial charge in [-0.2, -0.15) is 0 Å². The summed E-state index contributed by atoms with van der Waals surface area (Å²) in [5.74, 6) is 2.00. The summed E-state index contributed by atoms with van der Waals surface area (Å²) in [6.45, 7) is 3.90. The first kappa shape index (κ1) is 17.1. The number of hydrogen-bond donors (Lipinski definition) is 1. The normalized spacial score (nSPS) is 16.9. The molecule has 1 fully saturated rings. The van der Waals surface area contributed by atoms with Crippen LogP contribution in [0.2, 0.25) is 0 Å². The first-order chi connectivity index (χ1) is 11.6. The Kier molecular flexibility index (Phi) is 5.60. The van der Waals surface area contributed by atoms with Crippen molar-refractivity contribution >= 4 is 17.7 Å². The second kappa shape index (κ2) is 7.88. The van der Waals surface area contributed by atoms with Crippen LogP contribution in [0.4, 0.5) is 0 Å². The van der Waals surface area contributed by atoms with Crippen LogP contribution >= 0.6 is 11.8 Å². The average Bonchev–Trinajstić information content (AvgIpc) is 3.23. The lowest BCUT2D eigenvalue weighted by molar-refractivity contribution is -0.119. The van der Waals surface area contributed by atoms with E-state index in [2.05, 4.69) is 20.1 Å². The van der Waals surface area contributed by atoms with Gasteiger partial charge in [-0.25, -0.2) is 0 Å². The molecule has 1 saturated carbocycles. The molecule has 6 nitrogen and oxygen atoms in total. The van der Waals surface area contributed by atoms with Gasteiger partial charge in [0.2, 0.25) is 5.91 Å². The molecule has 2 aromatic heterocycles. The number of carbonyl (C=O) groups is 1. The summed E-state index contributed by atoms with van der Waals surface area (Å²) >= 11 is 1.46. The van der Waals surface area contributed by atoms with Gasteiger partial charge in [0.05, 0.1) is 18.1 Å². The average molecular weight is 348 g/mol. The molecule has 1 atom stereocenters. The Morgan fingerprint density at radius 1 is 1.42 bits per heavy atom. The SMILES string of the molecule is Cc1nnc(SCC(=O)NC(C)c2ccco2)n1C1CCCCC1. The monoisotopic (exact) mass is 348 g/mol. The summed E-state index contributed by atoms with van der Waals surface area (Å²) < 4.78 is 7.53. The number of carbonyl (C=O) groups excluding carboxylic acids is 1. The van der Waals surface area contributed by atoms with Crippen molar-refractivity contribution in [1.82, 2.24) is 20.1 Å². The molecule has 2 heterocycles. The van der Waals surface area contributed by atoms with Gasteiger partial charge in [0, 0.05) is 6.04 Å². The van der Waals surface area contributed by atoms with Crippen molar-refractivity contribution in [3.63, 3.8) is 0 Å². The van der Waals surface area contributed by atoms with Crippen LogP contribution in [0.3, 0.4) is 0 Å². The van der Waals surface area contributed by atoms with E-state index in [4.69, 9.17) is 4.42 Å². The lowest BCUT2D eigenvalue weighted by Crippen LogP contribution is -2.28. The van der Waals surface area contributed by atoms with Crippen LogP contribution in [-0.4, -0.2) is 26.4 Å². The van der Waals surface area contributed by atoms with Crippen LogP contribution in [0, 0.1) is 6.92 Å². The summed E-state index contributed by atoms with van der Waals surface area (Å²) in [4.78, 5) is 12.2. The van der Waals surface area contributed by atoms with Crippen LogP contribution in [0.5, 0.6) is 0 Å². The Morgan fingerprint density at radius 2 is 2.21 bits per heavy atom. The van der Waals surface area contributed by atoms with Gasteiger partial charge in [-0.1, -0.05) is 31.0 Å². The van der Waals surface area contributed by atoms with Crippen molar-refractivity contribution in [3.05, 3.63) is 30.0 Å². The zero-order valence-electron chi connectivity index (χ0n) is 14.2. The van der Waals surface area contributed by atoms with Crippen LogP contribution in [0.15, 0.2) is 28.0 Å². The summed E-state index contributed by atoms with van der Waals surface area (Å²) in [7, 11) is 0. The number of amides is 1. The maximum atomic E-state index is 12.2. The third-order valence-electron chi connectivity index (χ3n) is 4.45. The number of nitrogens with zero attached hydrogens (tertiary/aromatic N) is 3. The molecule has 1 aliphatic rings. The molecule has 0 bridgehead atoms. The number of hydrogen-bond acceptors (Lipinski definition) is 5. The van der Waals surface area contributed by atoms with E-state index < -0.39 is 0 Å². The molecule has 0 aliphatic heterocycles. The number of nitrogens with one attached hydrogen (secondary N) is 1. The molecule has 7 heteroatoms. The molecule has 0 spiro atoms. The third-order valence-corrected chi connectivity index (χ3v) is 5.40. The molecule has 1 aliphatic carbocycles. The minimum Gasteiger partial charge on any atom is -0.467 e. The number of aryl methyl sites for hydroxylation is 1. The minimum absolute atomic E-state index is 0.0280. The Balaban J connectivity index is 1.57. The van der Waals surface area contributed by atoms with Crippen LogP contribution in [0.1, 0.15) is 62.7 Å². The highest BCUT2D eigenvalue weighted by Crippen LogP contribution is 2.32. The topological polar surface area (TPSA) is 73.0 Å². The van der Waals surface area contributed by atoms with E-state index in [1.54, 1.807) is 6.26 Å². The van der Waals surface area contributed by atoms with Gasteiger partial charge in [0.25, 0.3) is 0 Å². The molecule has 24 heavy (non-hydrogen) atoms. The molecular formula is C17H24N4O2S. The molecule has 3 rings (SSSR count). The van der Waals surface area contributed by atoms with E-state index in [1.165, 1.54) is 43.9 Å². The smallest absolute Gasteiger partial charge is 0.231 e. The molecule has 2 aromatic rings. The van der Waals surface area contributed by atoms with Gasteiger partial charge < -0.3 is 14.3 Å². The van der Waals surface area contributed by atoms with E-state index in [1.807, 2.05) is 26.0 Å². The van der Waals surface area contributed by atoms with Crippen molar-refractivity contribution in [1.29, 1.82) is 0 Å². The fourth-order valence-corrected chi connectivity index (χ4v) is 4.09. The summed E-state index contributed by atoms with van der Waals surface area (Å²) in [5, 5.41) is 12.3. The predicted molar refractivity (Wildman–Crippen MR) is 92.9 cm³/mol. The highest BCUT2D eigenvalue weighted by Gasteiger charge is 2.22. The molecule has 1 unspecified atom stereocenters. The fraction of sp³-hybridized carbons (Fsp3) is 0.588. The summed E-state index contributed by atoms with van der Waals surface area (Å²) in [6, 6.07) is 4.02. The van der Waals surface area contributed by atoms with E-state index in [-0.39, 0.29) is 11.9 Å². The molecule has 1 N–H and O–H groups in total. The first-order valence-electron chi connectivity index (χ1n) is 8.52. The van der Waals surface area contributed by atoms with Crippen molar-refractivity contribution in [2.45, 2.75) is 63.2 Å². The molecule has 1 amide bonds. The number of rotatable bonds is 6. The van der Waals surface area contributed by atoms with Crippen molar-refractivity contribution < 1.29 is 9.21 Å². The molecule has 130 valence electrons. The maximum absolute atomic E-state index is 12.2. The van der Waals surface area contributed by atoms with Gasteiger partial charge in [-0.15, -0.1) is 10.2 Å². The predicted octanol–water partition coefficient (Wildman–Crippen LogP) is 3.65. The summed E-state index contributed by atoms with van der Waals surface area (Å²) in [6.07, 6.45) is 7.79. The molecule has 0 radical (unpaired) electrons. The Morgan fingerprint density at radius 3 is 2.92 bits per heavy atom. The Labute approximate surface area is 146 Å². The highest BCUT2D eigenvalue weighted by molar-refractivity contribution is 7.99. The number of thioether (sulfide) groups is 1. The minimum atomic E-state index is -0.133. The first-order valence-corrected chi connectivity index (χ1v) is 9.51. The fourth-order valence-electron chi connectivity index (χ4n) is 3.23. The van der Waals surface area contributed by atoms with Crippen LogP contribution in [0.25, 0.3) is 0 Å². The largest absolute Gasteiger partial charge is 0.467 e. The van der Waals surface area contributed by atoms with Crippen LogP contribution in [-0.2, 0) is 4.79 Å². The van der Waals surface area contributed by atoms with Gasteiger partial charge in [0.15, 0.2) is 5.16 Å². The quantitative estimate of drug-likeness (QED) is 0.807. The second-order valence-corrected chi connectivity index (χ2v) is 7.23. The molecule has 0 saturated heterocycles. The Hall–Kier alpha value is -1.76. The maximum Gasteiger partial charge on any atom is 0.231 e. The van der Waals surface area contributed by atoms with E-state index in [9.17, 15) is 4.79 Å². The number of furan rings is 1. The van der Waals surface area contributed by atoms with E-state index in [0.717, 1.165) is 16.7 Å². The van der Waals surface area contributed by atoms with Crippen molar-refractivity contribution in [3.8, 4) is 0 Å². The van der Waals surface area contributed by atoms with Gasteiger partial charge in [-0.05, 0) is 38.8 Å². The van der Waals surface area contributed by atoms with Crippen LogP contribution < -0.4 is 5.32 Å². The zero-order valence-corrected chi connectivity index (χ0v) is 15.0. The molecule has 0 aromatic carbocycles. The van der Waals surface area contributed by atoms with Gasteiger partial charge in [-0.3, -0.25) is 4.79 Å². The van der Waals surface area contributed by atoms with Crippen molar-refractivity contribution in [2.24, 2.45) is 0 Å². The van der Waals surface area contributed by atoms with E-state index >= 15 is 0 Å². The lowest BCUT2D eigenvalue weighted by Gasteiger charge is -2.25. The Bertz CT molecular complexity index is 662. The zero-order chi connectivity index (χ0) is 16.9. The standard InChI is InChI=1S/C17H24N4O2S/c1-12(15-9-6-10-23-15)18-16(22)11-24-17-20-19-13(2)21(17)14-7-4-3-5-8-14/h6,9-10,12,14H,3-5,7-8,11H2,1-2H3,(H,18,22). The third kappa shape index (κ3) is 4.01. The van der Waals surface area contributed by atoms with Crippen molar-refractivity contribution in [2.75, 3.05) is 5.75 Å². The summed E-state index contributed by atoms with van der Waals surface area (Å²) in [5.41, 5.74) is 0.